The van der Waals surface area contributed by atoms with Gasteiger partial charge in [0.1, 0.15) is 0 Å². The highest BCUT2D eigenvalue weighted by molar-refractivity contribution is 7.98. The van der Waals surface area contributed by atoms with Gasteiger partial charge in [0.25, 0.3) is 0 Å². The van der Waals surface area contributed by atoms with Crippen LogP contribution in [0.2, 0.25) is 0 Å². The minimum atomic E-state index is -0.368. The number of benzene rings is 1. The van der Waals surface area contributed by atoms with Crippen LogP contribution in [0.4, 0.5) is 10.8 Å². The Labute approximate surface area is 126 Å². The molecule has 6 heteroatoms. The largest absolute Gasteiger partial charge is 0.461 e. The molecule has 0 aliphatic heterocycles. The molecular formula is C14H16N2O2S2. The number of esters is 1. The lowest BCUT2D eigenvalue weighted by atomic mass is 10.3. The quantitative estimate of drug-likeness (QED) is 0.666. The number of rotatable bonds is 5. The van der Waals surface area contributed by atoms with Crippen LogP contribution in [0.25, 0.3) is 0 Å². The van der Waals surface area contributed by atoms with Crippen molar-refractivity contribution in [1.29, 1.82) is 0 Å². The molecule has 0 radical (unpaired) electrons. The number of thiazole rings is 1. The van der Waals surface area contributed by atoms with Crippen molar-refractivity contribution in [2.24, 2.45) is 0 Å². The van der Waals surface area contributed by atoms with E-state index >= 15 is 0 Å². The molecule has 1 heterocycles. The van der Waals surface area contributed by atoms with E-state index in [1.54, 1.807) is 18.7 Å². The molecular weight excluding hydrogens is 292 g/mol. The number of carbonyl (C=O) groups is 1. The lowest BCUT2D eigenvalue weighted by Gasteiger charge is -2.03. The number of hydrogen-bond donors (Lipinski definition) is 1. The van der Waals surface area contributed by atoms with Crippen molar-refractivity contribution in [2.75, 3.05) is 18.2 Å². The fourth-order valence-corrected chi connectivity index (χ4v) is 2.94. The first-order valence-electron chi connectivity index (χ1n) is 6.19. The molecule has 1 aromatic heterocycles. The Balaban J connectivity index is 2.17. The summed E-state index contributed by atoms with van der Waals surface area (Å²) in [6.45, 7) is 4.01. The molecule has 0 fully saturated rings. The van der Waals surface area contributed by atoms with Crippen LogP contribution >= 0.6 is 23.1 Å². The molecule has 1 N–H and O–H groups in total. The van der Waals surface area contributed by atoms with E-state index in [4.69, 9.17) is 4.74 Å². The van der Waals surface area contributed by atoms with E-state index in [1.807, 2.05) is 37.4 Å². The molecule has 0 atom stereocenters. The van der Waals surface area contributed by atoms with Crippen molar-refractivity contribution in [3.05, 3.63) is 34.8 Å². The highest BCUT2D eigenvalue weighted by Crippen LogP contribution is 2.27. The molecule has 0 amide bonds. The molecule has 0 aliphatic rings. The lowest BCUT2D eigenvalue weighted by molar-refractivity contribution is 0.0519. The maximum Gasteiger partial charge on any atom is 0.358 e. The highest BCUT2D eigenvalue weighted by Gasteiger charge is 2.16. The van der Waals surface area contributed by atoms with Crippen molar-refractivity contribution in [3.63, 3.8) is 0 Å². The van der Waals surface area contributed by atoms with Gasteiger partial charge < -0.3 is 10.1 Å². The highest BCUT2D eigenvalue weighted by atomic mass is 32.2. The van der Waals surface area contributed by atoms with Crippen molar-refractivity contribution in [3.8, 4) is 0 Å². The standard InChI is InChI=1S/C14H16N2O2S2/c1-4-18-13(17)12-9(2)20-14(16-12)15-10-6-5-7-11(8-10)19-3/h5-8H,4H2,1-3H3,(H,15,16). The summed E-state index contributed by atoms with van der Waals surface area (Å²) in [6, 6.07) is 8.06. The predicted octanol–water partition coefficient (Wildman–Crippen LogP) is 4.09. The average Bonchev–Trinajstić information content (AvgIpc) is 2.80. The molecule has 0 saturated carbocycles. The zero-order chi connectivity index (χ0) is 14.5. The number of carbonyl (C=O) groups excluding carboxylic acids is 1. The number of ether oxygens (including phenoxy) is 1. The maximum atomic E-state index is 11.7. The van der Waals surface area contributed by atoms with Crippen LogP contribution < -0.4 is 5.32 Å². The van der Waals surface area contributed by atoms with E-state index in [0.717, 1.165) is 10.6 Å². The number of hydrogen-bond acceptors (Lipinski definition) is 6. The zero-order valence-corrected chi connectivity index (χ0v) is 13.2. The third-order valence-electron chi connectivity index (χ3n) is 2.59. The van der Waals surface area contributed by atoms with E-state index in [0.29, 0.717) is 17.4 Å². The molecule has 2 aromatic rings. The monoisotopic (exact) mass is 308 g/mol. The molecule has 20 heavy (non-hydrogen) atoms. The van der Waals surface area contributed by atoms with Gasteiger partial charge in [-0.2, -0.15) is 0 Å². The summed E-state index contributed by atoms with van der Waals surface area (Å²) in [5, 5.41) is 3.92. The zero-order valence-electron chi connectivity index (χ0n) is 11.6. The predicted molar refractivity (Wildman–Crippen MR) is 84.3 cm³/mol. The van der Waals surface area contributed by atoms with Crippen LogP contribution in [0.15, 0.2) is 29.2 Å². The minimum Gasteiger partial charge on any atom is -0.461 e. The van der Waals surface area contributed by atoms with E-state index in [2.05, 4.69) is 10.3 Å². The van der Waals surface area contributed by atoms with Crippen LogP contribution in [0.3, 0.4) is 0 Å². The first-order chi connectivity index (χ1) is 9.63. The summed E-state index contributed by atoms with van der Waals surface area (Å²) in [5.41, 5.74) is 1.35. The van der Waals surface area contributed by atoms with Crippen molar-refractivity contribution >= 4 is 39.9 Å². The van der Waals surface area contributed by atoms with E-state index < -0.39 is 0 Å². The Hall–Kier alpha value is -1.53. The van der Waals surface area contributed by atoms with Crippen LogP contribution in [0.5, 0.6) is 0 Å². The third-order valence-corrected chi connectivity index (χ3v) is 4.20. The van der Waals surface area contributed by atoms with Gasteiger partial charge in [-0.15, -0.1) is 23.1 Å². The molecule has 0 bridgehead atoms. The van der Waals surface area contributed by atoms with Crippen molar-refractivity contribution in [2.45, 2.75) is 18.7 Å². The summed E-state index contributed by atoms with van der Waals surface area (Å²) in [5.74, 6) is -0.368. The second-order valence-corrected chi connectivity index (χ2v) is 6.08. The van der Waals surface area contributed by atoms with Gasteiger partial charge in [-0.25, -0.2) is 9.78 Å². The topological polar surface area (TPSA) is 51.2 Å². The van der Waals surface area contributed by atoms with Crippen molar-refractivity contribution in [1.82, 2.24) is 4.98 Å². The van der Waals surface area contributed by atoms with Gasteiger partial charge in [0.15, 0.2) is 10.8 Å². The van der Waals surface area contributed by atoms with Gasteiger partial charge in [-0.3, -0.25) is 0 Å². The molecule has 106 valence electrons. The molecule has 0 spiro atoms. The van der Waals surface area contributed by atoms with Gasteiger partial charge >= 0.3 is 5.97 Å². The van der Waals surface area contributed by atoms with Crippen LogP contribution in [-0.2, 0) is 4.74 Å². The van der Waals surface area contributed by atoms with Gasteiger partial charge in [-0.1, -0.05) is 6.07 Å². The van der Waals surface area contributed by atoms with Crippen LogP contribution in [0.1, 0.15) is 22.3 Å². The first kappa shape index (κ1) is 14.9. The van der Waals surface area contributed by atoms with Crippen LogP contribution in [-0.4, -0.2) is 23.8 Å². The van der Waals surface area contributed by atoms with Crippen LogP contribution in [0, 0.1) is 6.92 Å². The molecule has 0 unspecified atom stereocenters. The van der Waals surface area contributed by atoms with E-state index in [1.165, 1.54) is 16.2 Å². The average molecular weight is 308 g/mol. The minimum absolute atomic E-state index is 0.355. The number of thioether (sulfide) groups is 1. The number of aromatic nitrogens is 1. The fraction of sp³-hybridized carbons (Fsp3) is 0.286. The van der Waals surface area contributed by atoms with Gasteiger partial charge in [0.05, 0.1) is 6.61 Å². The summed E-state index contributed by atoms with van der Waals surface area (Å²) in [6.07, 6.45) is 2.03. The maximum absolute atomic E-state index is 11.7. The van der Waals surface area contributed by atoms with Gasteiger partial charge in [-0.05, 0) is 38.3 Å². The number of anilines is 2. The fourth-order valence-electron chi connectivity index (χ4n) is 1.66. The first-order valence-corrected chi connectivity index (χ1v) is 8.23. The lowest BCUT2D eigenvalue weighted by Crippen LogP contribution is -2.06. The Morgan fingerprint density at radius 1 is 1.50 bits per heavy atom. The Kier molecular flexibility index (Phi) is 5.03. The summed E-state index contributed by atoms with van der Waals surface area (Å²) in [4.78, 5) is 18.1. The van der Waals surface area contributed by atoms with Crippen molar-refractivity contribution < 1.29 is 9.53 Å². The Morgan fingerprint density at radius 2 is 2.30 bits per heavy atom. The Bertz CT molecular complexity index is 611. The normalized spacial score (nSPS) is 10.3. The number of aryl methyl sites for hydroxylation is 1. The number of nitrogens with zero attached hydrogens (tertiary/aromatic N) is 1. The van der Waals surface area contributed by atoms with E-state index in [-0.39, 0.29) is 5.97 Å². The van der Waals surface area contributed by atoms with E-state index in [9.17, 15) is 4.79 Å². The van der Waals surface area contributed by atoms with Gasteiger partial charge in [0, 0.05) is 15.5 Å². The second kappa shape index (κ2) is 6.76. The molecule has 2 rings (SSSR count). The smallest absolute Gasteiger partial charge is 0.358 e. The summed E-state index contributed by atoms with van der Waals surface area (Å²) < 4.78 is 4.98. The molecule has 1 aromatic carbocycles. The number of nitrogens with one attached hydrogen (secondary N) is 1. The molecule has 4 nitrogen and oxygen atoms in total. The second-order valence-electron chi connectivity index (χ2n) is 4.00. The Morgan fingerprint density at radius 3 is 3.00 bits per heavy atom. The SMILES string of the molecule is CCOC(=O)c1nc(Nc2cccc(SC)c2)sc1C. The molecule has 0 aliphatic carbocycles. The summed E-state index contributed by atoms with van der Waals surface area (Å²) in [7, 11) is 0. The molecule has 0 saturated heterocycles. The van der Waals surface area contributed by atoms with Gasteiger partial charge in [0.2, 0.25) is 0 Å². The summed E-state index contributed by atoms with van der Waals surface area (Å²) >= 11 is 3.13. The third kappa shape index (κ3) is 3.52.